The van der Waals surface area contributed by atoms with Crippen molar-refractivity contribution in [2.75, 3.05) is 20.1 Å². The van der Waals surface area contributed by atoms with Crippen molar-refractivity contribution in [2.24, 2.45) is 17.5 Å². The molecule has 1 aromatic heterocycles. The monoisotopic (exact) mass is 420 g/mol. The van der Waals surface area contributed by atoms with Crippen molar-refractivity contribution in [1.29, 1.82) is 0 Å². The van der Waals surface area contributed by atoms with Crippen LogP contribution < -0.4 is 5.32 Å². The molecule has 1 heterocycles. The van der Waals surface area contributed by atoms with Gasteiger partial charge < -0.3 is 10.2 Å². The summed E-state index contributed by atoms with van der Waals surface area (Å²) >= 11 is 0. The predicted molar refractivity (Wildman–Crippen MR) is 100 cm³/mol. The van der Waals surface area contributed by atoms with Gasteiger partial charge in [-0.2, -0.15) is 5.10 Å². The van der Waals surface area contributed by atoms with E-state index >= 15 is 0 Å². The second-order valence-corrected chi connectivity index (χ2v) is 6.34. The summed E-state index contributed by atoms with van der Waals surface area (Å²) in [5.41, 5.74) is 0.381. The van der Waals surface area contributed by atoms with E-state index < -0.39 is 0 Å². The predicted octanol–water partition coefficient (Wildman–Crippen LogP) is 2.41. The molecule has 0 aromatic carbocycles. The Labute approximate surface area is 150 Å². The van der Waals surface area contributed by atoms with Gasteiger partial charge in [0.05, 0.1) is 6.54 Å². The van der Waals surface area contributed by atoms with E-state index in [0.29, 0.717) is 12.0 Å². The fourth-order valence-electron chi connectivity index (χ4n) is 2.87. The van der Waals surface area contributed by atoms with E-state index in [4.69, 9.17) is 4.99 Å². The number of aryl methyl sites for hydroxylation is 1. The summed E-state index contributed by atoms with van der Waals surface area (Å²) in [7, 11) is 3.97. The summed E-state index contributed by atoms with van der Waals surface area (Å²) in [4.78, 5) is 11.2. The summed E-state index contributed by atoms with van der Waals surface area (Å²) in [6.45, 7) is 6.94. The van der Waals surface area contributed by atoms with Crippen molar-refractivity contribution in [1.82, 2.24) is 25.0 Å². The standard InChI is InChI=1S/C15H28N6.HI/c1-5-16-14(17-11-15(2)8-6-7-9-15)20(3)10-13-18-12-19-21(13)4;/h12H,5-11H2,1-4H3,(H,16,17);1H. The highest BCUT2D eigenvalue weighted by Gasteiger charge is 2.28. The number of hydrogen-bond acceptors (Lipinski definition) is 3. The van der Waals surface area contributed by atoms with Gasteiger partial charge in [-0.3, -0.25) is 9.67 Å². The van der Waals surface area contributed by atoms with Crippen LogP contribution in [-0.4, -0.2) is 45.8 Å². The summed E-state index contributed by atoms with van der Waals surface area (Å²) in [5.74, 6) is 1.89. The van der Waals surface area contributed by atoms with Gasteiger partial charge in [-0.1, -0.05) is 19.8 Å². The minimum atomic E-state index is 0. The zero-order valence-electron chi connectivity index (χ0n) is 14.2. The summed E-state index contributed by atoms with van der Waals surface area (Å²) in [6, 6.07) is 0. The minimum Gasteiger partial charge on any atom is -0.357 e. The number of nitrogens with zero attached hydrogens (tertiary/aromatic N) is 5. The molecule has 126 valence electrons. The third-order valence-corrected chi connectivity index (χ3v) is 4.30. The number of aliphatic imine (C=N–C) groups is 1. The Hall–Kier alpha value is -0.860. The Kier molecular flexibility index (Phi) is 7.58. The molecule has 0 spiro atoms. The Balaban J connectivity index is 0.00000242. The Bertz CT molecular complexity index is 478. The molecule has 0 aliphatic heterocycles. The summed E-state index contributed by atoms with van der Waals surface area (Å²) in [5, 5.41) is 7.49. The van der Waals surface area contributed by atoms with Crippen LogP contribution in [0.3, 0.4) is 0 Å². The number of guanidine groups is 1. The fraction of sp³-hybridized carbons (Fsp3) is 0.800. The zero-order valence-corrected chi connectivity index (χ0v) is 16.5. The van der Waals surface area contributed by atoms with Gasteiger partial charge >= 0.3 is 0 Å². The summed E-state index contributed by atoms with van der Waals surface area (Å²) < 4.78 is 1.80. The zero-order chi connectivity index (χ0) is 15.3. The maximum Gasteiger partial charge on any atom is 0.194 e. The van der Waals surface area contributed by atoms with Gasteiger partial charge in [0.15, 0.2) is 5.96 Å². The third-order valence-electron chi connectivity index (χ3n) is 4.30. The van der Waals surface area contributed by atoms with Crippen molar-refractivity contribution in [2.45, 2.75) is 46.1 Å². The van der Waals surface area contributed by atoms with Crippen LogP contribution in [0.1, 0.15) is 45.4 Å². The molecule has 6 nitrogen and oxygen atoms in total. The lowest BCUT2D eigenvalue weighted by Crippen LogP contribution is -2.39. The van der Waals surface area contributed by atoms with Gasteiger partial charge in [0.1, 0.15) is 12.2 Å². The lowest BCUT2D eigenvalue weighted by atomic mass is 9.89. The minimum absolute atomic E-state index is 0. The molecular weight excluding hydrogens is 391 g/mol. The van der Waals surface area contributed by atoms with Crippen molar-refractivity contribution >= 4 is 29.9 Å². The van der Waals surface area contributed by atoms with Crippen molar-refractivity contribution in [3.8, 4) is 0 Å². The molecule has 1 aliphatic carbocycles. The lowest BCUT2D eigenvalue weighted by molar-refractivity contribution is 0.346. The normalized spacial score (nSPS) is 17.2. The van der Waals surface area contributed by atoms with Crippen LogP contribution >= 0.6 is 24.0 Å². The molecule has 0 bridgehead atoms. The molecule has 0 amide bonds. The molecule has 1 N–H and O–H groups in total. The molecule has 1 aliphatic rings. The molecule has 1 saturated carbocycles. The first kappa shape index (κ1) is 19.2. The molecule has 1 fully saturated rings. The van der Waals surface area contributed by atoms with Gasteiger partial charge in [-0.15, -0.1) is 24.0 Å². The first-order valence-corrected chi connectivity index (χ1v) is 7.86. The van der Waals surface area contributed by atoms with Crippen LogP contribution in [0.15, 0.2) is 11.3 Å². The molecular formula is C15H29IN6. The smallest absolute Gasteiger partial charge is 0.194 e. The summed E-state index contributed by atoms with van der Waals surface area (Å²) in [6.07, 6.45) is 6.87. The quantitative estimate of drug-likeness (QED) is 0.452. The number of rotatable bonds is 5. The van der Waals surface area contributed by atoms with Crippen LogP contribution in [0.2, 0.25) is 0 Å². The van der Waals surface area contributed by atoms with E-state index in [1.54, 1.807) is 11.0 Å². The molecule has 2 rings (SSSR count). The van der Waals surface area contributed by atoms with Crippen LogP contribution in [0, 0.1) is 5.41 Å². The second-order valence-electron chi connectivity index (χ2n) is 6.34. The number of nitrogens with one attached hydrogen (secondary N) is 1. The van der Waals surface area contributed by atoms with Crippen LogP contribution in [0.5, 0.6) is 0 Å². The maximum atomic E-state index is 4.85. The van der Waals surface area contributed by atoms with E-state index in [0.717, 1.165) is 24.9 Å². The highest BCUT2D eigenvalue weighted by atomic mass is 127. The van der Waals surface area contributed by atoms with Gasteiger partial charge in [0.25, 0.3) is 0 Å². The van der Waals surface area contributed by atoms with E-state index in [1.165, 1.54) is 25.7 Å². The third kappa shape index (κ3) is 5.10. The van der Waals surface area contributed by atoms with Crippen LogP contribution in [0.25, 0.3) is 0 Å². The van der Waals surface area contributed by atoms with Gasteiger partial charge in [-0.25, -0.2) is 4.98 Å². The number of hydrogen-bond donors (Lipinski definition) is 1. The topological polar surface area (TPSA) is 58.3 Å². The molecule has 0 radical (unpaired) electrons. The van der Waals surface area contributed by atoms with Gasteiger partial charge in [0.2, 0.25) is 0 Å². The second kappa shape index (κ2) is 8.69. The van der Waals surface area contributed by atoms with Gasteiger partial charge in [0, 0.05) is 27.2 Å². The molecule has 7 heteroatoms. The Morgan fingerprint density at radius 1 is 1.45 bits per heavy atom. The van der Waals surface area contributed by atoms with Crippen molar-refractivity contribution in [3.05, 3.63) is 12.2 Å². The highest BCUT2D eigenvalue weighted by Crippen LogP contribution is 2.37. The first-order chi connectivity index (χ1) is 10.0. The van der Waals surface area contributed by atoms with E-state index in [-0.39, 0.29) is 24.0 Å². The lowest BCUT2D eigenvalue weighted by Gasteiger charge is -2.25. The average Bonchev–Trinajstić information content (AvgIpc) is 3.05. The molecule has 0 saturated heterocycles. The van der Waals surface area contributed by atoms with Crippen molar-refractivity contribution < 1.29 is 0 Å². The molecule has 0 atom stereocenters. The molecule has 0 unspecified atom stereocenters. The number of halogens is 1. The highest BCUT2D eigenvalue weighted by molar-refractivity contribution is 14.0. The van der Waals surface area contributed by atoms with Gasteiger partial charge in [-0.05, 0) is 25.2 Å². The average molecular weight is 420 g/mol. The van der Waals surface area contributed by atoms with Crippen LogP contribution in [-0.2, 0) is 13.6 Å². The molecule has 22 heavy (non-hydrogen) atoms. The maximum absolute atomic E-state index is 4.85. The van der Waals surface area contributed by atoms with Crippen molar-refractivity contribution in [3.63, 3.8) is 0 Å². The molecule has 1 aromatic rings. The Morgan fingerprint density at radius 2 is 2.14 bits per heavy atom. The first-order valence-electron chi connectivity index (χ1n) is 7.86. The van der Waals surface area contributed by atoms with E-state index in [9.17, 15) is 0 Å². The fourth-order valence-corrected chi connectivity index (χ4v) is 2.87. The number of aromatic nitrogens is 3. The Morgan fingerprint density at radius 3 is 2.68 bits per heavy atom. The van der Waals surface area contributed by atoms with E-state index in [2.05, 4.69) is 34.1 Å². The van der Waals surface area contributed by atoms with E-state index in [1.807, 2.05) is 14.1 Å². The van der Waals surface area contributed by atoms with Crippen LogP contribution in [0.4, 0.5) is 0 Å². The SMILES string of the molecule is CCNC(=NCC1(C)CCCC1)N(C)Cc1ncnn1C.I. The largest absolute Gasteiger partial charge is 0.357 e.